The van der Waals surface area contributed by atoms with E-state index >= 15 is 0 Å². The number of aliphatic carboxylic acids is 1. The van der Waals surface area contributed by atoms with Crippen LogP contribution in [0, 0.1) is 0 Å². The standard InChI is InChI=1S/C4H9NO3S/c1-9-2-8-3(5)4(6)7/h3H,2,5H2,1H3,(H,6,7)/t3-/m0/s1. The van der Waals surface area contributed by atoms with E-state index in [1.807, 2.05) is 0 Å². The maximum Gasteiger partial charge on any atom is 0.347 e. The van der Waals surface area contributed by atoms with Crippen LogP contribution in [0.25, 0.3) is 0 Å². The number of nitrogens with two attached hydrogens (primary N) is 1. The summed E-state index contributed by atoms with van der Waals surface area (Å²) < 4.78 is 4.59. The summed E-state index contributed by atoms with van der Waals surface area (Å²) in [7, 11) is 0. The van der Waals surface area contributed by atoms with Gasteiger partial charge in [0, 0.05) is 0 Å². The second kappa shape index (κ2) is 4.60. The van der Waals surface area contributed by atoms with Crippen LogP contribution in [0.15, 0.2) is 0 Å². The molecule has 0 amide bonds. The maximum atomic E-state index is 9.95. The molecule has 1 atom stereocenters. The zero-order chi connectivity index (χ0) is 7.28. The smallest absolute Gasteiger partial charge is 0.347 e. The first kappa shape index (κ1) is 8.74. The number of hydrogen-bond acceptors (Lipinski definition) is 4. The number of carboxylic acid groups (broad SMARTS) is 1. The number of thioether (sulfide) groups is 1. The summed E-state index contributed by atoms with van der Waals surface area (Å²) >= 11 is 1.38. The molecule has 0 aliphatic carbocycles. The molecule has 0 fully saturated rings. The van der Waals surface area contributed by atoms with Crippen molar-refractivity contribution in [3.05, 3.63) is 0 Å². The van der Waals surface area contributed by atoms with Gasteiger partial charge in [0.1, 0.15) is 0 Å². The molecule has 0 aromatic heterocycles. The normalized spacial score (nSPS) is 13.1. The summed E-state index contributed by atoms with van der Waals surface area (Å²) in [4.78, 5) is 9.95. The fourth-order valence-electron chi connectivity index (χ4n) is 0.213. The van der Waals surface area contributed by atoms with Crippen molar-refractivity contribution in [2.75, 3.05) is 12.2 Å². The first-order valence-electron chi connectivity index (χ1n) is 2.27. The van der Waals surface area contributed by atoms with Crippen molar-refractivity contribution in [1.82, 2.24) is 0 Å². The maximum absolute atomic E-state index is 9.95. The van der Waals surface area contributed by atoms with E-state index in [1.165, 1.54) is 11.8 Å². The van der Waals surface area contributed by atoms with Crippen LogP contribution in [0.1, 0.15) is 0 Å². The number of rotatable bonds is 4. The van der Waals surface area contributed by atoms with Gasteiger partial charge < -0.3 is 9.84 Å². The second-order valence-corrected chi connectivity index (χ2v) is 2.15. The predicted octanol–water partition coefficient (Wildman–Crippen LogP) is -0.307. The van der Waals surface area contributed by atoms with Crippen molar-refractivity contribution in [2.24, 2.45) is 5.73 Å². The van der Waals surface area contributed by atoms with Gasteiger partial charge in [-0.15, -0.1) is 11.8 Å². The Morgan fingerprint density at radius 1 is 2.00 bits per heavy atom. The monoisotopic (exact) mass is 151 g/mol. The SMILES string of the molecule is CSCO[C@H](N)C(=O)O. The molecule has 4 nitrogen and oxygen atoms in total. The zero-order valence-electron chi connectivity index (χ0n) is 5.03. The molecule has 0 saturated carbocycles. The van der Waals surface area contributed by atoms with E-state index in [9.17, 15) is 4.79 Å². The van der Waals surface area contributed by atoms with Crippen molar-refractivity contribution in [2.45, 2.75) is 6.23 Å². The molecule has 3 N–H and O–H groups in total. The molecule has 9 heavy (non-hydrogen) atoms. The van der Waals surface area contributed by atoms with Gasteiger partial charge in [-0.2, -0.15) is 0 Å². The molecule has 0 rings (SSSR count). The molecule has 5 heteroatoms. The lowest BCUT2D eigenvalue weighted by Gasteiger charge is -2.04. The number of carbonyl (C=O) groups is 1. The molecule has 0 radical (unpaired) electrons. The van der Waals surface area contributed by atoms with Crippen LogP contribution in [0.5, 0.6) is 0 Å². The second-order valence-electron chi connectivity index (χ2n) is 1.33. The highest BCUT2D eigenvalue weighted by atomic mass is 32.2. The van der Waals surface area contributed by atoms with Crippen LogP contribution >= 0.6 is 11.8 Å². The molecule has 0 bridgehead atoms. The van der Waals surface area contributed by atoms with E-state index in [2.05, 4.69) is 4.74 Å². The first-order chi connectivity index (χ1) is 4.18. The van der Waals surface area contributed by atoms with Gasteiger partial charge in [0.15, 0.2) is 0 Å². The molecule has 0 aliphatic heterocycles. The predicted molar refractivity (Wildman–Crippen MR) is 35.1 cm³/mol. The Balaban J connectivity index is 3.27. The van der Waals surface area contributed by atoms with E-state index in [0.29, 0.717) is 5.94 Å². The van der Waals surface area contributed by atoms with Gasteiger partial charge >= 0.3 is 5.97 Å². The number of carboxylic acids is 1. The van der Waals surface area contributed by atoms with Gasteiger partial charge in [0.2, 0.25) is 6.23 Å². The summed E-state index contributed by atoms with van der Waals surface area (Å²) in [5, 5.41) is 8.15. The topological polar surface area (TPSA) is 72.5 Å². The van der Waals surface area contributed by atoms with E-state index in [0.717, 1.165) is 0 Å². The Morgan fingerprint density at radius 2 is 2.56 bits per heavy atom. The summed E-state index contributed by atoms with van der Waals surface area (Å²) in [6.07, 6.45) is 0.617. The van der Waals surface area contributed by atoms with Crippen LogP contribution < -0.4 is 5.73 Å². The quantitative estimate of drug-likeness (QED) is 0.539. The average Bonchev–Trinajstić information content (AvgIpc) is 1.82. The Labute approximate surface area is 57.4 Å². The minimum Gasteiger partial charge on any atom is -0.478 e. The fraction of sp³-hybridized carbons (Fsp3) is 0.750. The first-order valence-corrected chi connectivity index (χ1v) is 3.66. The number of hydrogen-bond donors (Lipinski definition) is 2. The van der Waals surface area contributed by atoms with Crippen molar-refractivity contribution in [3.63, 3.8) is 0 Å². The Morgan fingerprint density at radius 3 is 2.89 bits per heavy atom. The summed E-state index contributed by atoms with van der Waals surface area (Å²) in [6.45, 7) is 0. The van der Waals surface area contributed by atoms with Crippen molar-refractivity contribution in [1.29, 1.82) is 0 Å². The zero-order valence-corrected chi connectivity index (χ0v) is 5.85. The molecule has 0 aromatic carbocycles. The lowest BCUT2D eigenvalue weighted by Crippen LogP contribution is -2.32. The average molecular weight is 151 g/mol. The summed E-state index contributed by atoms with van der Waals surface area (Å²) in [5.41, 5.74) is 4.97. The van der Waals surface area contributed by atoms with Crippen molar-refractivity contribution in [3.8, 4) is 0 Å². The molecule has 0 heterocycles. The van der Waals surface area contributed by atoms with Crippen molar-refractivity contribution < 1.29 is 14.6 Å². The van der Waals surface area contributed by atoms with E-state index in [1.54, 1.807) is 6.26 Å². The van der Waals surface area contributed by atoms with E-state index in [4.69, 9.17) is 10.8 Å². The molecular formula is C4H9NO3S. The molecule has 0 spiro atoms. The van der Waals surface area contributed by atoms with E-state index < -0.39 is 12.2 Å². The fourth-order valence-corrected chi connectivity index (χ4v) is 0.495. The van der Waals surface area contributed by atoms with Gasteiger partial charge in [-0.05, 0) is 6.26 Å². The molecule has 0 unspecified atom stereocenters. The largest absolute Gasteiger partial charge is 0.478 e. The lowest BCUT2D eigenvalue weighted by atomic mass is 10.6. The van der Waals surface area contributed by atoms with Crippen LogP contribution in [-0.2, 0) is 9.53 Å². The highest BCUT2D eigenvalue weighted by Crippen LogP contribution is 1.93. The summed E-state index contributed by atoms with van der Waals surface area (Å²) in [5.74, 6) is -0.822. The van der Waals surface area contributed by atoms with Gasteiger partial charge in [-0.25, -0.2) is 4.79 Å². The highest BCUT2D eigenvalue weighted by Gasteiger charge is 2.09. The van der Waals surface area contributed by atoms with Gasteiger partial charge in [0.05, 0.1) is 5.94 Å². The lowest BCUT2D eigenvalue weighted by molar-refractivity contribution is -0.148. The van der Waals surface area contributed by atoms with Gasteiger partial charge in [-0.3, -0.25) is 5.73 Å². The third-order valence-corrected chi connectivity index (χ3v) is 0.981. The van der Waals surface area contributed by atoms with Crippen LogP contribution in [0.4, 0.5) is 0 Å². The number of ether oxygens (including phenoxy) is 1. The molecule has 0 aliphatic rings. The molecular weight excluding hydrogens is 142 g/mol. The van der Waals surface area contributed by atoms with E-state index in [-0.39, 0.29) is 0 Å². The minimum atomic E-state index is -1.18. The van der Waals surface area contributed by atoms with Gasteiger partial charge in [-0.1, -0.05) is 0 Å². The summed E-state index contributed by atoms with van der Waals surface area (Å²) in [6, 6.07) is 0. The Hall–Kier alpha value is -0.260. The van der Waals surface area contributed by atoms with Crippen LogP contribution in [0.3, 0.4) is 0 Å². The highest BCUT2D eigenvalue weighted by molar-refractivity contribution is 7.98. The van der Waals surface area contributed by atoms with Crippen LogP contribution in [-0.4, -0.2) is 29.5 Å². The van der Waals surface area contributed by atoms with Gasteiger partial charge in [0.25, 0.3) is 0 Å². The van der Waals surface area contributed by atoms with Crippen molar-refractivity contribution >= 4 is 17.7 Å². The third-order valence-electron chi connectivity index (χ3n) is 0.609. The molecule has 0 aromatic rings. The minimum absolute atomic E-state index is 0.313. The molecule has 54 valence electrons. The Kier molecular flexibility index (Phi) is 4.47. The molecule has 0 saturated heterocycles. The Bertz CT molecular complexity index is 97.8. The van der Waals surface area contributed by atoms with Crippen LogP contribution in [0.2, 0.25) is 0 Å². The third kappa shape index (κ3) is 4.26.